The maximum Gasteiger partial charge on any atom is 0.102 e. The van der Waals surface area contributed by atoms with Crippen molar-refractivity contribution in [3.8, 4) is 6.07 Å². The number of aromatic nitrogens is 1. The summed E-state index contributed by atoms with van der Waals surface area (Å²) in [5.41, 5.74) is 2.92. The van der Waals surface area contributed by atoms with Crippen molar-refractivity contribution < 1.29 is 0 Å². The van der Waals surface area contributed by atoms with Crippen molar-refractivity contribution >= 4 is 5.52 Å². The van der Waals surface area contributed by atoms with Crippen LogP contribution in [0.3, 0.4) is 0 Å². The van der Waals surface area contributed by atoms with E-state index >= 15 is 0 Å². The summed E-state index contributed by atoms with van der Waals surface area (Å²) in [6.45, 7) is 3.00. The Morgan fingerprint density at radius 2 is 2.33 bits per heavy atom. The molecule has 21 heavy (non-hydrogen) atoms. The monoisotopic (exact) mass is 282 g/mol. The normalized spacial score (nSPS) is 19.0. The van der Waals surface area contributed by atoms with E-state index < -0.39 is 0 Å². The number of nitrogens with one attached hydrogen (secondary N) is 1. The number of likely N-dealkylation sites (N-methyl/N-ethyl adjacent to an activating group) is 1. The van der Waals surface area contributed by atoms with Crippen molar-refractivity contribution in [3.63, 3.8) is 0 Å². The van der Waals surface area contributed by atoms with Crippen LogP contribution < -0.4 is 5.32 Å². The third-order valence-electron chi connectivity index (χ3n) is 4.26. The summed E-state index contributed by atoms with van der Waals surface area (Å²) in [4.78, 5) is 2.32. The number of fused-ring (bicyclic) bond motifs is 1. The summed E-state index contributed by atoms with van der Waals surface area (Å²) in [5.74, 6) is 0. The quantitative estimate of drug-likeness (QED) is 0.936. The molecule has 4 heteroatoms. The highest BCUT2D eigenvalue weighted by Crippen LogP contribution is 2.19. The van der Waals surface area contributed by atoms with Crippen molar-refractivity contribution in [2.24, 2.45) is 0 Å². The molecular weight excluding hydrogens is 260 g/mol. The first-order valence-electron chi connectivity index (χ1n) is 7.68. The fourth-order valence-corrected chi connectivity index (χ4v) is 3.24. The summed E-state index contributed by atoms with van der Waals surface area (Å²) in [6.07, 6.45) is 7.96. The molecule has 1 atom stereocenters. The molecule has 2 aromatic heterocycles. The molecular formula is C17H22N4. The maximum atomic E-state index is 9.45. The topological polar surface area (TPSA) is 43.5 Å². The Kier molecular flexibility index (Phi) is 4.23. The number of nitrogens with zero attached hydrogens (tertiary/aromatic N) is 3. The lowest BCUT2D eigenvalue weighted by atomic mass is 10.0. The van der Waals surface area contributed by atoms with Gasteiger partial charge < -0.3 is 14.6 Å². The number of nitriles is 1. The Labute approximate surface area is 126 Å². The fraction of sp³-hybridized carbons (Fsp3) is 0.471. The molecule has 3 heterocycles. The average Bonchev–Trinajstić information content (AvgIpc) is 2.85. The smallest absolute Gasteiger partial charge is 0.102 e. The predicted octanol–water partition coefficient (Wildman–Crippen LogP) is 2.38. The fourth-order valence-electron chi connectivity index (χ4n) is 3.24. The number of hydrogen-bond acceptors (Lipinski definition) is 3. The van der Waals surface area contributed by atoms with Gasteiger partial charge in [-0.1, -0.05) is 12.5 Å². The molecule has 110 valence electrons. The Balaban J connectivity index is 1.73. The van der Waals surface area contributed by atoms with E-state index in [1.54, 1.807) is 0 Å². The van der Waals surface area contributed by atoms with Crippen LogP contribution in [-0.4, -0.2) is 35.5 Å². The molecule has 0 radical (unpaired) electrons. The van der Waals surface area contributed by atoms with Gasteiger partial charge in [-0.15, -0.1) is 0 Å². The van der Waals surface area contributed by atoms with E-state index in [0.29, 0.717) is 6.04 Å². The van der Waals surface area contributed by atoms with Crippen molar-refractivity contribution in [3.05, 3.63) is 41.7 Å². The molecule has 1 aliphatic rings. The first-order chi connectivity index (χ1) is 10.3. The van der Waals surface area contributed by atoms with Gasteiger partial charge in [0.25, 0.3) is 0 Å². The minimum atomic E-state index is 0.589. The van der Waals surface area contributed by atoms with Crippen LogP contribution in [0.1, 0.15) is 30.4 Å². The van der Waals surface area contributed by atoms with Crippen LogP contribution in [0, 0.1) is 11.3 Å². The summed E-state index contributed by atoms with van der Waals surface area (Å²) in [6, 6.07) is 8.93. The molecule has 1 aliphatic heterocycles. The van der Waals surface area contributed by atoms with E-state index in [4.69, 9.17) is 0 Å². The van der Waals surface area contributed by atoms with Gasteiger partial charge in [-0.25, -0.2) is 0 Å². The highest BCUT2D eigenvalue weighted by molar-refractivity contribution is 5.65. The van der Waals surface area contributed by atoms with Gasteiger partial charge in [0.05, 0.1) is 11.1 Å². The average molecular weight is 282 g/mol. The summed E-state index contributed by atoms with van der Waals surface area (Å²) >= 11 is 0. The first-order valence-corrected chi connectivity index (χ1v) is 7.68. The van der Waals surface area contributed by atoms with Crippen molar-refractivity contribution in [2.45, 2.75) is 31.8 Å². The van der Waals surface area contributed by atoms with Crippen molar-refractivity contribution in [1.82, 2.24) is 14.6 Å². The third kappa shape index (κ3) is 3.10. The van der Waals surface area contributed by atoms with E-state index in [1.165, 1.54) is 19.3 Å². The molecule has 1 saturated heterocycles. The molecule has 0 amide bonds. The van der Waals surface area contributed by atoms with E-state index in [-0.39, 0.29) is 0 Å². The van der Waals surface area contributed by atoms with Gasteiger partial charge in [0.15, 0.2) is 0 Å². The van der Waals surface area contributed by atoms with E-state index in [0.717, 1.165) is 36.3 Å². The lowest BCUT2D eigenvalue weighted by molar-refractivity contribution is 0.256. The Morgan fingerprint density at radius 1 is 1.43 bits per heavy atom. The number of piperidine rings is 1. The van der Waals surface area contributed by atoms with Crippen LogP contribution in [0.4, 0.5) is 0 Å². The van der Waals surface area contributed by atoms with Crippen molar-refractivity contribution in [1.29, 1.82) is 5.26 Å². The molecule has 1 N–H and O–H groups in total. The maximum absolute atomic E-state index is 9.45. The van der Waals surface area contributed by atoms with Crippen LogP contribution in [0.2, 0.25) is 0 Å². The lowest BCUT2D eigenvalue weighted by Crippen LogP contribution is -2.42. The second kappa shape index (κ2) is 6.30. The molecule has 0 spiro atoms. The molecule has 3 rings (SSSR count). The van der Waals surface area contributed by atoms with E-state index in [9.17, 15) is 5.26 Å². The molecule has 0 bridgehead atoms. The van der Waals surface area contributed by atoms with E-state index in [2.05, 4.69) is 29.5 Å². The van der Waals surface area contributed by atoms with Gasteiger partial charge >= 0.3 is 0 Å². The van der Waals surface area contributed by atoms with E-state index in [1.807, 2.05) is 28.8 Å². The Bertz CT molecular complexity index is 646. The molecule has 4 nitrogen and oxygen atoms in total. The number of rotatable bonds is 4. The SMILES string of the molecule is CN(Cc1cn2ccccc2c1C#N)CC1CCCCN1. The molecule has 2 aromatic rings. The highest BCUT2D eigenvalue weighted by atomic mass is 15.1. The predicted molar refractivity (Wildman–Crippen MR) is 84.1 cm³/mol. The van der Waals surface area contributed by atoms with Crippen molar-refractivity contribution in [2.75, 3.05) is 20.1 Å². The van der Waals surface area contributed by atoms with Gasteiger partial charge in [-0.3, -0.25) is 0 Å². The molecule has 0 aliphatic carbocycles. The Morgan fingerprint density at radius 3 is 3.10 bits per heavy atom. The molecule has 1 unspecified atom stereocenters. The second-order valence-corrected chi connectivity index (χ2v) is 5.98. The first kappa shape index (κ1) is 14.1. The van der Waals surface area contributed by atoms with Crippen LogP contribution in [0.15, 0.2) is 30.6 Å². The van der Waals surface area contributed by atoms with Gasteiger partial charge in [0.2, 0.25) is 0 Å². The van der Waals surface area contributed by atoms with Crippen LogP contribution in [-0.2, 0) is 6.54 Å². The Hall–Kier alpha value is -1.83. The number of pyridine rings is 1. The van der Waals surface area contributed by atoms with Gasteiger partial charge in [0.1, 0.15) is 6.07 Å². The zero-order valence-corrected chi connectivity index (χ0v) is 12.5. The zero-order valence-electron chi connectivity index (χ0n) is 12.5. The van der Waals surface area contributed by atoms with Crippen LogP contribution in [0.25, 0.3) is 5.52 Å². The van der Waals surface area contributed by atoms with Gasteiger partial charge in [0, 0.05) is 37.1 Å². The highest BCUT2D eigenvalue weighted by Gasteiger charge is 2.16. The minimum absolute atomic E-state index is 0.589. The van der Waals surface area contributed by atoms with Crippen LogP contribution in [0.5, 0.6) is 0 Å². The number of hydrogen-bond donors (Lipinski definition) is 1. The zero-order chi connectivity index (χ0) is 14.7. The van der Waals surface area contributed by atoms with Gasteiger partial charge in [-0.05, 0) is 38.6 Å². The minimum Gasteiger partial charge on any atom is -0.322 e. The lowest BCUT2D eigenvalue weighted by Gasteiger charge is -2.28. The van der Waals surface area contributed by atoms with Gasteiger partial charge in [-0.2, -0.15) is 5.26 Å². The van der Waals surface area contributed by atoms with Crippen LogP contribution >= 0.6 is 0 Å². The summed E-state index contributed by atoms with van der Waals surface area (Å²) < 4.78 is 2.04. The summed E-state index contributed by atoms with van der Waals surface area (Å²) in [7, 11) is 2.14. The second-order valence-electron chi connectivity index (χ2n) is 5.98. The largest absolute Gasteiger partial charge is 0.322 e. The standard InChI is InChI=1S/C17H22N4/c1-20(13-15-6-2-4-8-19-15)11-14-12-21-9-5-3-7-17(21)16(14)10-18/h3,5,7,9,12,15,19H,2,4,6,8,11,13H2,1H3. The molecule has 0 aromatic carbocycles. The molecule has 0 saturated carbocycles. The molecule has 1 fully saturated rings. The summed E-state index contributed by atoms with van der Waals surface area (Å²) in [5, 5.41) is 13.0. The third-order valence-corrected chi connectivity index (χ3v) is 4.26.